The number of ether oxygens (including phenoxy) is 1. The van der Waals surface area contributed by atoms with Gasteiger partial charge in [-0.2, -0.15) is 5.26 Å². The second kappa shape index (κ2) is 6.18. The number of esters is 1. The average molecular weight is 340 g/mol. The van der Waals surface area contributed by atoms with E-state index in [-0.39, 0.29) is 29.4 Å². The molecule has 1 aliphatic heterocycles. The molecule has 2 aliphatic rings. The van der Waals surface area contributed by atoms with Gasteiger partial charge < -0.3 is 9.64 Å². The first-order valence-electron chi connectivity index (χ1n) is 8.68. The third kappa shape index (κ3) is 3.68. The van der Waals surface area contributed by atoms with E-state index in [0.717, 1.165) is 25.8 Å². The molecule has 1 saturated carbocycles. The summed E-state index contributed by atoms with van der Waals surface area (Å²) in [5, 5.41) is 8.78. The standard InChI is InChI=1S/C20H24N2O3/c1-19(2)8-16-9-20(3,12-19)13-22(16)17(23)11-25-18(24)15-6-4-14(10-21)5-7-15/h4-7,16H,8-9,11-13H2,1-3H3/t16-,20+/m1/s1. The number of benzene rings is 1. The second-order valence-electron chi connectivity index (χ2n) is 8.50. The summed E-state index contributed by atoms with van der Waals surface area (Å²) in [4.78, 5) is 26.6. The summed E-state index contributed by atoms with van der Waals surface area (Å²) < 4.78 is 5.20. The monoisotopic (exact) mass is 340 g/mol. The van der Waals surface area contributed by atoms with Crippen molar-refractivity contribution in [2.75, 3.05) is 13.2 Å². The maximum absolute atomic E-state index is 12.6. The predicted molar refractivity (Wildman–Crippen MR) is 92.7 cm³/mol. The van der Waals surface area contributed by atoms with Gasteiger partial charge in [-0.3, -0.25) is 4.79 Å². The minimum atomic E-state index is -0.536. The molecule has 0 spiro atoms. The van der Waals surface area contributed by atoms with E-state index in [1.807, 2.05) is 11.0 Å². The number of fused-ring (bicyclic) bond motifs is 2. The Morgan fingerprint density at radius 3 is 2.56 bits per heavy atom. The van der Waals surface area contributed by atoms with Gasteiger partial charge in [0, 0.05) is 12.6 Å². The van der Waals surface area contributed by atoms with Crippen LogP contribution >= 0.6 is 0 Å². The summed E-state index contributed by atoms with van der Waals surface area (Å²) in [6.07, 6.45) is 3.15. The van der Waals surface area contributed by atoms with Crippen molar-refractivity contribution < 1.29 is 14.3 Å². The summed E-state index contributed by atoms with van der Waals surface area (Å²) in [6, 6.07) is 8.44. The van der Waals surface area contributed by atoms with Crippen molar-refractivity contribution in [3.63, 3.8) is 0 Å². The highest BCUT2D eigenvalue weighted by Gasteiger charge is 2.50. The molecule has 2 bridgehead atoms. The highest BCUT2D eigenvalue weighted by atomic mass is 16.5. The lowest BCUT2D eigenvalue weighted by atomic mass is 9.65. The molecule has 1 amide bonds. The van der Waals surface area contributed by atoms with E-state index < -0.39 is 5.97 Å². The largest absolute Gasteiger partial charge is 0.452 e. The Kier molecular flexibility index (Phi) is 4.32. The van der Waals surface area contributed by atoms with E-state index >= 15 is 0 Å². The van der Waals surface area contributed by atoms with Crippen molar-refractivity contribution in [1.82, 2.24) is 4.90 Å². The number of hydrogen-bond acceptors (Lipinski definition) is 4. The summed E-state index contributed by atoms with van der Waals surface area (Å²) in [7, 11) is 0. The van der Waals surface area contributed by atoms with E-state index in [2.05, 4.69) is 20.8 Å². The van der Waals surface area contributed by atoms with Crippen LogP contribution in [0.4, 0.5) is 0 Å². The zero-order valence-electron chi connectivity index (χ0n) is 15.0. The molecule has 0 aromatic heterocycles. The van der Waals surface area contributed by atoms with E-state index in [0.29, 0.717) is 11.1 Å². The fourth-order valence-electron chi connectivity index (χ4n) is 4.73. The van der Waals surface area contributed by atoms with Crippen LogP contribution < -0.4 is 0 Å². The Morgan fingerprint density at radius 2 is 1.92 bits per heavy atom. The molecule has 5 heteroatoms. The van der Waals surface area contributed by atoms with Crippen LogP contribution in [-0.2, 0) is 9.53 Å². The molecular weight excluding hydrogens is 316 g/mol. The smallest absolute Gasteiger partial charge is 0.338 e. The minimum absolute atomic E-state index is 0.117. The Morgan fingerprint density at radius 1 is 1.24 bits per heavy atom. The summed E-state index contributed by atoms with van der Waals surface area (Å²) >= 11 is 0. The summed E-state index contributed by atoms with van der Waals surface area (Å²) in [5.74, 6) is -0.653. The quantitative estimate of drug-likeness (QED) is 0.793. The van der Waals surface area contributed by atoms with Crippen LogP contribution in [0.2, 0.25) is 0 Å². The zero-order valence-corrected chi connectivity index (χ0v) is 15.0. The molecule has 5 nitrogen and oxygen atoms in total. The molecule has 1 heterocycles. The summed E-state index contributed by atoms with van der Waals surface area (Å²) in [6.45, 7) is 7.28. The lowest BCUT2D eigenvalue weighted by Crippen LogP contribution is -2.39. The molecule has 0 N–H and O–H groups in total. The number of nitriles is 1. The topological polar surface area (TPSA) is 70.4 Å². The second-order valence-corrected chi connectivity index (χ2v) is 8.50. The number of carbonyl (C=O) groups is 2. The Labute approximate surface area is 148 Å². The van der Waals surface area contributed by atoms with Crippen LogP contribution in [0, 0.1) is 22.2 Å². The van der Waals surface area contributed by atoms with Gasteiger partial charge in [0.25, 0.3) is 5.91 Å². The number of likely N-dealkylation sites (tertiary alicyclic amines) is 1. The molecule has 132 valence electrons. The van der Waals surface area contributed by atoms with Gasteiger partial charge in [-0.1, -0.05) is 20.8 Å². The van der Waals surface area contributed by atoms with E-state index in [4.69, 9.17) is 10.00 Å². The van der Waals surface area contributed by atoms with Crippen LogP contribution in [0.5, 0.6) is 0 Å². The first-order valence-corrected chi connectivity index (χ1v) is 8.68. The van der Waals surface area contributed by atoms with Gasteiger partial charge in [-0.15, -0.1) is 0 Å². The number of hydrogen-bond donors (Lipinski definition) is 0. The van der Waals surface area contributed by atoms with Gasteiger partial charge in [0.15, 0.2) is 6.61 Å². The van der Waals surface area contributed by atoms with Crippen LogP contribution in [0.3, 0.4) is 0 Å². The van der Waals surface area contributed by atoms with Crippen molar-refractivity contribution in [2.24, 2.45) is 10.8 Å². The number of nitrogens with zero attached hydrogens (tertiary/aromatic N) is 2. The first-order chi connectivity index (χ1) is 11.7. The van der Waals surface area contributed by atoms with Gasteiger partial charge in [-0.05, 0) is 54.4 Å². The van der Waals surface area contributed by atoms with Gasteiger partial charge in [0.1, 0.15) is 0 Å². The first kappa shape index (κ1) is 17.5. The van der Waals surface area contributed by atoms with Crippen molar-refractivity contribution in [3.05, 3.63) is 35.4 Å². The van der Waals surface area contributed by atoms with E-state index in [1.54, 1.807) is 12.1 Å². The Hall–Kier alpha value is -2.35. The van der Waals surface area contributed by atoms with Crippen molar-refractivity contribution in [3.8, 4) is 6.07 Å². The molecule has 1 aromatic carbocycles. The molecule has 2 atom stereocenters. The molecule has 0 unspecified atom stereocenters. The maximum Gasteiger partial charge on any atom is 0.338 e. The summed E-state index contributed by atoms with van der Waals surface area (Å²) in [5.41, 5.74) is 1.23. The van der Waals surface area contributed by atoms with Crippen molar-refractivity contribution >= 4 is 11.9 Å². The lowest BCUT2D eigenvalue weighted by Gasteiger charge is -2.39. The van der Waals surface area contributed by atoms with E-state index in [1.165, 1.54) is 12.1 Å². The van der Waals surface area contributed by atoms with Crippen molar-refractivity contribution in [1.29, 1.82) is 5.26 Å². The average Bonchev–Trinajstić information content (AvgIpc) is 2.81. The zero-order chi connectivity index (χ0) is 18.2. The third-order valence-corrected chi connectivity index (χ3v) is 5.31. The van der Waals surface area contributed by atoms with Gasteiger partial charge >= 0.3 is 5.97 Å². The van der Waals surface area contributed by atoms with Crippen LogP contribution in [0.1, 0.15) is 56.0 Å². The lowest BCUT2D eigenvalue weighted by molar-refractivity contribution is -0.135. The minimum Gasteiger partial charge on any atom is -0.452 e. The third-order valence-electron chi connectivity index (χ3n) is 5.31. The SMILES string of the molecule is CC1(C)C[C@@H]2C[C@](C)(CN2C(=O)COC(=O)c2ccc(C#N)cc2)C1. The molecule has 1 aliphatic carbocycles. The number of carbonyl (C=O) groups excluding carboxylic acids is 2. The molecule has 25 heavy (non-hydrogen) atoms. The fourth-order valence-corrected chi connectivity index (χ4v) is 4.73. The fraction of sp³-hybridized carbons (Fsp3) is 0.550. The maximum atomic E-state index is 12.6. The number of amides is 1. The highest BCUT2D eigenvalue weighted by Crippen LogP contribution is 2.52. The van der Waals surface area contributed by atoms with Crippen LogP contribution in [-0.4, -0.2) is 36.0 Å². The highest BCUT2D eigenvalue weighted by molar-refractivity contribution is 5.91. The van der Waals surface area contributed by atoms with Gasteiger partial charge in [0.2, 0.25) is 0 Å². The van der Waals surface area contributed by atoms with Gasteiger partial charge in [-0.25, -0.2) is 4.79 Å². The molecule has 1 saturated heterocycles. The molecular formula is C20H24N2O3. The van der Waals surface area contributed by atoms with E-state index in [9.17, 15) is 9.59 Å². The van der Waals surface area contributed by atoms with Crippen molar-refractivity contribution in [2.45, 2.75) is 46.1 Å². The molecule has 0 radical (unpaired) electrons. The molecule has 1 aromatic rings. The predicted octanol–water partition coefficient (Wildman–Crippen LogP) is 3.14. The Bertz CT molecular complexity index is 732. The van der Waals surface area contributed by atoms with Crippen LogP contribution in [0.15, 0.2) is 24.3 Å². The molecule has 3 rings (SSSR count). The molecule has 2 fully saturated rings. The normalized spacial score (nSPS) is 26.8. The number of rotatable bonds is 3. The van der Waals surface area contributed by atoms with Gasteiger partial charge in [0.05, 0.1) is 17.2 Å². The van der Waals surface area contributed by atoms with Crippen LogP contribution in [0.25, 0.3) is 0 Å². The Balaban J connectivity index is 1.59.